The van der Waals surface area contributed by atoms with Crippen molar-refractivity contribution in [3.63, 3.8) is 0 Å². The van der Waals surface area contributed by atoms with E-state index in [-0.39, 0.29) is 17.5 Å². The van der Waals surface area contributed by atoms with Gasteiger partial charge in [0.1, 0.15) is 22.8 Å². The molecule has 0 fully saturated rings. The van der Waals surface area contributed by atoms with Gasteiger partial charge in [0, 0.05) is 17.7 Å². The smallest absolute Gasteiger partial charge is 0.187 e. The molecular weight excluding hydrogens is 328 g/mol. The summed E-state index contributed by atoms with van der Waals surface area (Å²) in [6, 6.07) is 0. The Kier molecular flexibility index (Phi) is 5.06. The Balaban J connectivity index is 1.93. The van der Waals surface area contributed by atoms with Gasteiger partial charge in [-0.3, -0.25) is 14.6 Å². The number of Topliss-reactive ketones (excluding diaryl/α,β-unsaturated/α-hetero) is 2. The molecule has 2 heterocycles. The second-order valence-electron chi connectivity index (χ2n) is 7.72. The van der Waals surface area contributed by atoms with Crippen molar-refractivity contribution in [2.45, 2.75) is 53.0 Å². The van der Waals surface area contributed by atoms with Crippen molar-refractivity contribution in [3.8, 4) is 0 Å². The minimum Gasteiger partial charge on any atom is -0.304 e. The number of carbonyl (C=O) groups excluding carboxylic acids is 2. The average Bonchev–Trinajstić information content (AvgIpc) is 2.99. The average molecular weight is 356 g/mol. The normalized spacial score (nSPS) is 26.8. The Morgan fingerprint density at radius 2 is 1.85 bits per heavy atom. The van der Waals surface area contributed by atoms with Crippen molar-refractivity contribution >= 4 is 29.3 Å². The van der Waals surface area contributed by atoms with Gasteiger partial charge in [-0.25, -0.2) is 9.98 Å². The number of allylic oxidation sites excluding steroid dienone is 2. The third kappa shape index (κ3) is 3.11. The Morgan fingerprint density at radius 3 is 2.50 bits per heavy atom. The molecule has 1 aliphatic carbocycles. The molecule has 140 valence electrons. The van der Waals surface area contributed by atoms with Gasteiger partial charge < -0.3 is 4.90 Å². The zero-order valence-electron chi connectivity index (χ0n) is 16.4. The summed E-state index contributed by atoms with van der Waals surface area (Å²) in [5.74, 6) is -0.252. The zero-order chi connectivity index (χ0) is 19.1. The van der Waals surface area contributed by atoms with E-state index in [0.29, 0.717) is 23.7 Å². The molecular formula is C20H28N4O2. The number of aliphatic imine (C=N–C) groups is 3. The second-order valence-corrected chi connectivity index (χ2v) is 7.72. The van der Waals surface area contributed by atoms with E-state index in [1.54, 1.807) is 13.1 Å². The Hall–Kier alpha value is -1.95. The topological polar surface area (TPSA) is 74.5 Å². The van der Waals surface area contributed by atoms with Crippen molar-refractivity contribution in [1.82, 2.24) is 4.90 Å². The number of nitrogens with zero attached hydrogens (tertiary/aromatic N) is 4. The molecule has 2 aliphatic heterocycles. The summed E-state index contributed by atoms with van der Waals surface area (Å²) >= 11 is 0. The standard InChI is InChI=1S/C20H28N4O2/c1-6-24(7-2)10-8-9-13-15-14(11-21-20(4,5)19(15)26)16-17(18(13)25)23-12(3)22-16/h11,13,15H,6-10H2,1-5H3. The maximum Gasteiger partial charge on any atom is 0.187 e. The van der Waals surface area contributed by atoms with E-state index < -0.39 is 11.5 Å². The molecule has 0 spiro atoms. The molecule has 6 heteroatoms. The van der Waals surface area contributed by atoms with E-state index in [4.69, 9.17) is 0 Å². The van der Waals surface area contributed by atoms with Gasteiger partial charge in [-0.05, 0) is 53.2 Å². The van der Waals surface area contributed by atoms with Gasteiger partial charge in [-0.1, -0.05) is 13.8 Å². The van der Waals surface area contributed by atoms with E-state index in [9.17, 15) is 9.59 Å². The summed E-state index contributed by atoms with van der Waals surface area (Å²) in [5.41, 5.74) is 0.959. The largest absolute Gasteiger partial charge is 0.304 e. The van der Waals surface area contributed by atoms with Crippen LogP contribution in [0.3, 0.4) is 0 Å². The van der Waals surface area contributed by atoms with Crippen LogP contribution in [0.1, 0.15) is 47.5 Å². The molecule has 0 amide bonds. The SMILES string of the molecule is CCN(CC)CCCC1C(=O)C2=NC(C)=NC2=C2C=NC(C)(C)C(=O)C21. The molecule has 0 radical (unpaired) electrons. The quantitative estimate of drug-likeness (QED) is 0.734. The first-order valence-corrected chi connectivity index (χ1v) is 9.54. The summed E-state index contributed by atoms with van der Waals surface area (Å²) in [6.45, 7) is 12.6. The number of rotatable bonds is 6. The molecule has 0 saturated carbocycles. The van der Waals surface area contributed by atoms with Crippen LogP contribution in [-0.4, -0.2) is 59.4 Å². The highest BCUT2D eigenvalue weighted by Crippen LogP contribution is 2.41. The highest BCUT2D eigenvalue weighted by atomic mass is 16.1. The number of fused-ring (bicyclic) bond motifs is 2. The lowest BCUT2D eigenvalue weighted by Crippen LogP contribution is -2.49. The van der Waals surface area contributed by atoms with Crippen LogP contribution in [0.2, 0.25) is 0 Å². The van der Waals surface area contributed by atoms with Crippen LogP contribution in [-0.2, 0) is 9.59 Å². The van der Waals surface area contributed by atoms with Crippen LogP contribution in [0.5, 0.6) is 0 Å². The highest BCUT2D eigenvalue weighted by molar-refractivity contribution is 6.51. The summed E-state index contributed by atoms with van der Waals surface area (Å²) in [7, 11) is 0. The third-order valence-corrected chi connectivity index (χ3v) is 5.65. The fourth-order valence-corrected chi connectivity index (χ4v) is 4.03. The van der Waals surface area contributed by atoms with Crippen LogP contribution in [0.15, 0.2) is 26.2 Å². The molecule has 6 nitrogen and oxygen atoms in total. The first kappa shape index (κ1) is 18.8. The molecule has 0 N–H and O–H groups in total. The lowest BCUT2D eigenvalue weighted by molar-refractivity contribution is -0.131. The van der Waals surface area contributed by atoms with Crippen LogP contribution >= 0.6 is 0 Å². The number of amidine groups is 1. The fraction of sp³-hybridized carbons (Fsp3) is 0.650. The Bertz CT molecular complexity index is 754. The molecule has 0 aromatic heterocycles. The number of carbonyl (C=O) groups is 2. The van der Waals surface area contributed by atoms with Gasteiger partial charge in [0.15, 0.2) is 11.6 Å². The Morgan fingerprint density at radius 1 is 1.15 bits per heavy atom. The molecule has 2 atom stereocenters. The molecule has 26 heavy (non-hydrogen) atoms. The summed E-state index contributed by atoms with van der Waals surface area (Å²) in [5, 5.41) is 0. The van der Waals surface area contributed by atoms with Crippen molar-refractivity contribution < 1.29 is 9.59 Å². The fourth-order valence-electron chi connectivity index (χ4n) is 4.03. The molecule has 0 saturated heterocycles. The predicted molar refractivity (Wildman–Crippen MR) is 104 cm³/mol. The number of ketones is 2. The lowest BCUT2D eigenvalue weighted by Gasteiger charge is -2.37. The van der Waals surface area contributed by atoms with Crippen LogP contribution in [0.25, 0.3) is 0 Å². The first-order chi connectivity index (χ1) is 12.3. The first-order valence-electron chi connectivity index (χ1n) is 9.54. The molecule has 3 rings (SSSR count). The summed E-state index contributed by atoms with van der Waals surface area (Å²) < 4.78 is 0. The van der Waals surface area contributed by atoms with Gasteiger partial charge in [-0.15, -0.1) is 0 Å². The van der Waals surface area contributed by atoms with Gasteiger partial charge in [0.05, 0.1) is 5.92 Å². The minimum atomic E-state index is -0.794. The molecule has 3 aliphatic rings. The van der Waals surface area contributed by atoms with Gasteiger partial charge in [-0.2, -0.15) is 0 Å². The molecule has 0 aromatic carbocycles. The van der Waals surface area contributed by atoms with Crippen molar-refractivity contribution in [3.05, 3.63) is 11.3 Å². The van der Waals surface area contributed by atoms with Crippen LogP contribution in [0, 0.1) is 11.8 Å². The Labute approximate surface area is 155 Å². The van der Waals surface area contributed by atoms with Crippen LogP contribution in [0.4, 0.5) is 0 Å². The van der Waals surface area contributed by atoms with Crippen molar-refractivity contribution in [2.24, 2.45) is 26.8 Å². The van der Waals surface area contributed by atoms with Crippen molar-refractivity contribution in [1.29, 1.82) is 0 Å². The molecule has 2 unspecified atom stereocenters. The summed E-state index contributed by atoms with van der Waals surface area (Å²) in [6.07, 6.45) is 3.32. The highest BCUT2D eigenvalue weighted by Gasteiger charge is 2.50. The maximum atomic E-state index is 13.1. The van der Waals surface area contributed by atoms with Gasteiger partial charge in [0.25, 0.3) is 0 Å². The van der Waals surface area contributed by atoms with E-state index in [1.807, 2.05) is 13.8 Å². The van der Waals surface area contributed by atoms with E-state index >= 15 is 0 Å². The second kappa shape index (κ2) is 6.99. The van der Waals surface area contributed by atoms with Gasteiger partial charge >= 0.3 is 0 Å². The lowest BCUT2D eigenvalue weighted by atomic mass is 9.67. The van der Waals surface area contributed by atoms with Gasteiger partial charge in [0.2, 0.25) is 0 Å². The van der Waals surface area contributed by atoms with E-state index in [2.05, 4.69) is 33.7 Å². The predicted octanol–water partition coefficient (Wildman–Crippen LogP) is 2.48. The zero-order valence-corrected chi connectivity index (χ0v) is 16.4. The monoisotopic (exact) mass is 356 g/mol. The minimum absolute atomic E-state index is 0.0162. The third-order valence-electron chi connectivity index (χ3n) is 5.65. The van der Waals surface area contributed by atoms with Crippen molar-refractivity contribution in [2.75, 3.05) is 19.6 Å². The summed E-state index contributed by atoms with van der Waals surface area (Å²) in [4.78, 5) is 41.8. The molecule has 0 aromatic rings. The van der Waals surface area contributed by atoms with Crippen LogP contribution < -0.4 is 0 Å². The maximum absolute atomic E-state index is 13.1. The molecule has 0 bridgehead atoms. The van der Waals surface area contributed by atoms with E-state index in [0.717, 1.165) is 31.6 Å². The van der Waals surface area contributed by atoms with E-state index in [1.165, 1.54) is 0 Å². The number of hydrogen-bond donors (Lipinski definition) is 0. The number of hydrogen-bond acceptors (Lipinski definition) is 6.